The Balaban J connectivity index is 2.14. The zero-order chi connectivity index (χ0) is 13.3. The van der Waals surface area contributed by atoms with Crippen LogP contribution < -0.4 is 0 Å². The molecule has 5 heteroatoms. The van der Waals surface area contributed by atoms with Crippen LogP contribution >= 0.6 is 0 Å². The first-order valence-electron chi connectivity index (χ1n) is 5.98. The smallest absolute Gasteiger partial charge is 0.254 e. The van der Waals surface area contributed by atoms with E-state index in [9.17, 15) is 20.1 Å². The van der Waals surface area contributed by atoms with Crippen LogP contribution in [0.4, 0.5) is 0 Å². The molecule has 1 aliphatic rings. The lowest BCUT2D eigenvalue weighted by molar-refractivity contribution is 0.0297. The lowest BCUT2D eigenvalue weighted by Gasteiger charge is -2.34. The van der Waals surface area contributed by atoms with Crippen molar-refractivity contribution in [1.82, 2.24) is 4.90 Å². The number of hydrogen-bond donors (Lipinski definition) is 3. The summed E-state index contributed by atoms with van der Waals surface area (Å²) in [5.74, 6) is -0.683. The number of benzene rings is 1. The molecule has 0 bridgehead atoms. The van der Waals surface area contributed by atoms with Gasteiger partial charge in [0.15, 0.2) is 11.5 Å². The van der Waals surface area contributed by atoms with Gasteiger partial charge in [-0.25, -0.2) is 0 Å². The average Bonchev–Trinajstić information content (AvgIpc) is 2.35. The van der Waals surface area contributed by atoms with Gasteiger partial charge in [-0.2, -0.15) is 0 Å². The van der Waals surface area contributed by atoms with Crippen molar-refractivity contribution < 1.29 is 20.1 Å². The van der Waals surface area contributed by atoms with Gasteiger partial charge >= 0.3 is 0 Å². The number of likely N-dealkylation sites (tertiary alicyclic amines) is 1. The number of amides is 1. The third kappa shape index (κ3) is 2.41. The maximum atomic E-state index is 12.2. The van der Waals surface area contributed by atoms with Gasteiger partial charge in [-0.15, -0.1) is 0 Å². The summed E-state index contributed by atoms with van der Waals surface area (Å²) in [6.45, 7) is 2.91. The zero-order valence-corrected chi connectivity index (χ0v) is 10.2. The summed E-state index contributed by atoms with van der Waals surface area (Å²) in [5.41, 5.74) is 0.342. The number of carbonyl (C=O) groups excluding carboxylic acids is 1. The van der Waals surface area contributed by atoms with Crippen molar-refractivity contribution in [2.24, 2.45) is 5.92 Å². The number of aliphatic hydroxyl groups excluding tert-OH is 1. The third-order valence-electron chi connectivity index (χ3n) is 3.37. The van der Waals surface area contributed by atoms with Crippen LogP contribution in [0.5, 0.6) is 11.5 Å². The highest BCUT2D eigenvalue weighted by Gasteiger charge is 2.27. The van der Waals surface area contributed by atoms with Crippen LogP contribution in [0.1, 0.15) is 23.7 Å². The molecule has 1 aromatic carbocycles. The monoisotopic (exact) mass is 251 g/mol. The number of rotatable bonds is 1. The van der Waals surface area contributed by atoms with Gasteiger partial charge in [0, 0.05) is 18.7 Å². The van der Waals surface area contributed by atoms with Crippen LogP contribution in [0.3, 0.4) is 0 Å². The maximum absolute atomic E-state index is 12.2. The van der Waals surface area contributed by atoms with Gasteiger partial charge in [0.2, 0.25) is 0 Å². The maximum Gasteiger partial charge on any atom is 0.254 e. The molecule has 0 radical (unpaired) electrons. The van der Waals surface area contributed by atoms with Gasteiger partial charge in [-0.1, -0.05) is 6.92 Å². The van der Waals surface area contributed by atoms with E-state index in [1.165, 1.54) is 18.2 Å². The molecule has 3 N–H and O–H groups in total. The van der Waals surface area contributed by atoms with Crippen LogP contribution in [0.2, 0.25) is 0 Å². The highest BCUT2D eigenvalue weighted by molar-refractivity contribution is 5.95. The molecule has 98 valence electrons. The van der Waals surface area contributed by atoms with Crippen molar-refractivity contribution in [1.29, 1.82) is 0 Å². The van der Waals surface area contributed by atoms with Crippen molar-refractivity contribution in [2.75, 3.05) is 13.1 Å². The second kappa shape index (κ2) is 4.86. The molecule has 1 aliphatic heterocycles. The molecule has 2 atom stereocenters. The number of aliphatic hydroxyl groups is 1. The summed E-state index contributed by atoms with van der Waals surface area (Å²) < 4.78 is 0. The number of aromatic hydroxyl groups is 2. The molecule has 1 saturated heterocycles. The van der Waals surface area contributed by atoms with Gasteiger partial charge < -0.3 is 20.2 Å². The normalized spacial score (nSPS) is 24.0. The molecule has 5 nitrogen and oxygen atoms in total. The van der Waals surface area contributed by atoms with Crippen molar-refractivity contribution in [3.63, 3.8) is 0 Å². The summed E-state index contributed by atoms with van der Waals surface area (Å²) in [6.07, 6.45) is 0.207. The number of phenolic OH excluding ortho intramolecular Hbond substituents is 2. The number of nitrogens with zero attached hydrogens (tertiary/aromatic N) is 1. The predicted molar refractivity (Wildman–Crippen MR) is 65.5 cm³/mol. The van der Waals surface area contributed by atoms with E-state index in [4.69, 9.17) is 0 Å². The lowest BCUT2D eigenvalue weighted by Crippen LogP contribution is -2.44. The van der Waals surface area contributed by atoms with Gasteiger partial charge in [-0.05, 0) is 30.5 Å². The van der Waals surface area contributed by atoms with E-state index >= 15 is 0 Å². The zero-order valence-electron chi connectivity index (χ0n) is 10.2. The SMILES string of the molecule is CC1CN(C(=O)c2ccc(O)c(O)c2)CCC1O. The fraction of sp³-hybridized carbons (Fsp3) is 0.462. The fourth-order valence-corrected chi connectivity index (χ4v) is 2.16. The second-order valence-corrected chi connectivity index (χ2v) is 4.79. The summed E-state index contributed by atoms with van der Waals surface area (Å²) in [6, 6.07) is 4.03. The first-order valence-corrected chi connectivity index (χ1v) is 5.98. The van der Waals surface area contributed by atoms with Crippen LogP contribution in [0.15, 0.2) is 18.2 Å². The fourth-order valence-electron chi connectivity index (χ4n) is 2.16. The molecule has 1 heterocycles. The average molecular weight is 251 g/mol. The van der Waals surface area contributed by atoms with Crippen LogP contribution in [-0.4, -0.2) is 45.3 Å². The molecular formula is C13H17NO4. The highest BCUT2D eigenvalue weighted by atomic mass is 16.3. The van der Waals surface area contributed by atoms with E-state index < -0.39 is 0 Å². The summed E-state index contributed by atoms with van der Waals surface area (Å²) in [5, 5.41) is 28.2. The Hall–Kier alpha value is -1.75. The topological polar surface area (TPSA) is 81.0 Å². The van der Waals surface area contributed by atoms with Gasteiger partial charge in [-0.3, -0.25) is 4.79 Å². The number of carbonyl (C=O) groups is 1. The second-order valence-electron chi connectivity index (χ2n) is 4.79. The lowest BCUT2D eigenvalue weighted by atomic mass is 9.96. The molecule has 0 saturated carbocycles. The van der Waals surface area contributed by atoms with Gasteiger partial charge in [0.25, 0.3) is 5.91 Å². The Morgan fingerprint density at radius 3 is 2.67 bits per heavy atom. The van der Waals surface area contributed by atoms with Crippen LogP contribution in [-0.2, 0) is 0 Å². The molecule has 2 rings (SSSR count). The molecule has 2 unspecified atom stereocenters. The largest absolute Gasteiger partial charge is 0.504 e. The molecule has 0 spiro atoms. The number of piperidine rings is 1. The van der Waals surface area contributed by atoms with E-state index in [0.717, 1.165) is 0 Å². The molecule has 18 heavy (non-hydrogen) atoms. The quantitative estimate of drug-likeness (QED) is 0.649. The van der Waals surface area contributed by atoms with Crippen molar-refractivity contribution in [3.05, 3.63) is 23.8 Å². The van der Waals surface area contributed by atoms with E-state index in [1.807, 2.05) is 6.92 Å². The molecular weight excluding hydrogens is 234 g/mol. The summed E-state index contributed by atoms with van der Waals surface area (Å²) in [4.78, 5) is 13.8. The Labute approximate surface area is 105 Å². The standard InChI is InChI=1S/C13H17NO4/c1-8-7-14(5-4-10(8)15)13(18)9-2-3-11(16)12(17)6-9/h2-3,6,8,10,15-17H,4-5,7H2,1H3. The van der Waals surface area contributed by atoms with Crippen LogP contribution in [0, 0.1) is 5.92 Å². The first kappa shape index (κ1) is 12.7. The van der Waals surface area contributed by atoms with Gasteiger partial charge in [0.05, 0.1) is 6.10 Å². The van der Waals surface area contributed by atoms with Crippen molar-refractivity contribution in [3.8, 4) is 11.5 Å². The molecule has 0 aliphatic carbocycles. The van der Waals surface area contributed by atoms with Crippen LogP contribution in [0.25, 0.3) is 0 Å². The van der Waals surface area contributed by atoms with E-state index in [2.05, 4.69) is 0 Å². The molecule has 1 fully saturated rings. The van der Waals surface area contributed by atoms with E-state index in [-0.39, 0.29) is 29.4 Å². The van der Waals surface area contributed by atoms with Crippen molar-refractivity contribution in [2.45, 2.75) is 19.4 Å². The Morgan fingerprint density at radius 1 is 1.33 bits per heavy atom. The first-order chi connectivity index (χ1) is 8.49. The molecule has 1 amide bonds. The summed E-state index contributed by atoms with van der Waals surface area (Å²) >= 11 is 0. The highest BCUT2D eigenvalue weighted by Crippen LogP contribution is 2.26. The number of hydrogen-bond acceptors (Lipinski definition) is 4. The van der Waals surface area contributed by atoms with Gasteiger partial charge in [0.1, 0.15) is 0 Å². The predicted octanol–water partition coefficient (Wildman–Crippen LogP) is 0.941. The molecule has 1 aromatic rings. The number of phenols is 2. The minimum Gasteiger partial charge on any atom is -0.504 e. The minimum absolute atomic E-state index is 0.0495. The third-order valence-corrected chi connectivity index (χ3v) is 3.37. The Bertz CT molecular complexity index is 460. The van der Waals surface area contributed by atoms with Crippen molar-refractivity contribution >= 4 is 5.91 Å². The van der Waals surface area contributed by atoms with E-state index in [0.29, 0.717) is 25.1 Å². The Kier molecular flexibility index (Phi) is 3.43. The van der Waals surface area contributed by atoms with E-state index in [1.54, 1.807) is 4.90 Å². The summed E-state index contributed by atoms with van der Waals surface area (Å²) in [7, 11) is 0. The molecule has 0 aromatic heterocycles. The Morgan fingerprint density at radius 2 is 2.06 bits per heavy atom. The minimum atomic E-state index is -0.359.